The molecule has 1 aliphatic rings. The van der Waals surface area contributed by atoms with E-state index in [9.17, 15) is 18.4 Å². The minimum atomic E-state index is -0.996. The Morgan fingerprint density at radius 3 is 2.56 bits per heavy atom. The number of hydrogen-bond acceptors (Lipinski definition) is 2. The maximum Gasteiger partial charge on any atom is 0.324 e. The van der Waals surface area contributed by atoms with Crippen molar-refractivity contribution in [3.05, 3.63) is 35.4 Å². The summed E-state index contributed by atoms with van der Waals surface area (Å²) in [7, 11) is 0. The molecule has 0 unspecified atom stereocenters. The van der Waals surface area contributed by atoms with Crippen LogP contribution in [0.4, 0.5) is 13.6 Å². The van der Waals surface area contributed by atoms with Crippen LogP contribution >= 0.6 is 0 Å². The van der Waals surface area contributed by atoms with Gasteiger partial charge in [0.1, 0.15) is 0 Å². The lowest BCUT2D eigenvalue weighted by Crippen LogP contribution is -2.30. The van der Waals surface area contributed by atoms with E-state index in [0.717, 1.165) is 17.0 Å². The van der Waals surface area contributed by atoms with Gasteiger partial charge >= 0.3 is 6.03 Å². The van der Waals surface area contributed by atoms with Gasteiger partial charge in [-0.1, -0.05) is 6.07 Å². The minimum absolute atomic E-state index is 0.0531. The molecule has 6 heteroatoms. The molecular weight excluding hydrogens is 218 g/mol. The van der Waals surface area contributed by atoms with E-state index in [0.29, 0.717) is 5.56 Å². The molecule has 0 bridgehead atoms. The monoisotopic (exact) mass is 226 g/mol. The van der Waals surface area contributed by atoms with E-state index < -0.39 is 17.7 Å². The van der Waals surface area contributed by atoms with Crippen LogP contribution in [-0.2, 0) is 11.3 Å². The molecule has 16 heavy (non-hydrogen) atoms. The van der Waals surface area contributed by atoms with Gasteiger partial charge in [0.05, 0.1) is 13.1 Å². The second-order valence-electron chi connectivity index (χ2n) is 3.39. The summed E-state index contributed by atoms with van der Waals surface area (Å²) in [6, 6.07) is 2.74. The molecule has 4 nitrogen and oxygen atoms in total. The Kier molecular flexibility index (Phi) is 2.55. The summed E-state index contributed by atoms with van der Waals surface area (Å²) >= 11 is 0. The maximum atomic E-state index is 12.9. The first kappa shape index (κ1) is 10.5. The zero-order chi connectivity index (χ0) is 11.7. The number of imide groups is 1. The number of amides is 3. The van der Waals surface area contributed by atoms with Gasteiger partial charge in [0, 0.05) is 0 Å². The van der Waals surface area contributed by atoms with E-state index in [1.165, 1.54) is 6.07 Å². The number of carbonyl (C=O) groups is 2. The molecule has 1 saturated heterocycles. The molecule has 1 aromatic carbocycles. The first-order chi connectivity index (χ1) is 7.58. The molecule has 0 spiro atoms. The molecular formula is C10H8F2N2O2. The Bertz CT molecular complexity index is 446. The fraction of sp³-hybridized carbons (Fsp3) is 0.200. The number of nitrogens with one attached hydrogen (secondary N) is 1. The summed E-state index contributed by atoms with van der Waals surface area (Å²) in [5.74, 6) is -2.33. The Hall–Kier alpha value is -1.98. The number of hydrogen-bond donors (Lipinski definition) is 1. The average molecular weight is 226 g/mol. The summed E-state index contributed by atoms with van der Waals surface area (Å²) < 4.78 is 25.5. The van der Waals surface area contributed by atoms with Crippen LogP contribution in [0.25, 0.3) is 0 Å². The highest BCUT2D eigenvalue weighted by molar-refractivity contribution is 6.01. The van der Waals surface area contributed by atoms with Gasteiger partial charge in [0.2, 0.25) is 5.91 Å². The fourth-order valence-corrected chi connectivity index (χ4v) is 1.44. The number of halogens is 2. The molecule has 3 amide bonds. The van der Waals surface area contributed by atoms with E-state index in [4.69, 9.17) is 0 Å². The Balaban J connectivity index is 2.17. The summed E-state index contributed by atoms with van der Waals surface area (Å²) in [6.45, 7) is -0.107. The second kappa shape index (κ2) is 3.88. The molecule has 0 aliphatic carbocycles. The standard InChI is InChI=1S/C10H8F2N2O2/c11-7-2-1-6(3-8(7)12)5-14-9(15)4-13-10(14)16/h1-3H,4-5H2,(H,13,16). The predicted octanol–water partition coefficient (Wildman–Crippen LogP) is 1.02. The van der Waals surface area contributed by atoms with Crippen LogP contribution in [0.2, 0.25) is 0 Å². The van der Waals surface area contributed by atoms with Crippen molar-refractivity contribution in [2.45, 2.75) is 6.54 Å². The van der Waals surface area contributed by atoms with Crippen molar-refractivity contribution < 1.29 is 18.4 Å². The molecule has 1 aliphatic heterocycles. The highest BCUT2D eigenvalue weighted by atomic mass is 19.2. The van der Waals surface area contributed by atoms with Crippen LogP contribution in [-0.4, -0.2) is 23.4 Å². The average Bonchev–Trinajstić information content (AvgIpc) is 2.55. The van der Waals surface area contributed by atoms with Crippen LogP contribution in [0.3, 0.4) is 0 Å². The Labute approximate surface area is 89.8 Å². The molecule has 84 valence electrons. The molecule has 1 fully saturated rings. The third-order valence-corrected chi connectivity index (χ3v) is 2.26. The molecule has 1 heterocycles. The predicted molar refractivity (Wildman–Crippen MR) is 50.3 cm³/mol. The van der Waals surface area contributed by atoms with Gasteiger partial charge in [-0.05, 0) is 17.7 Å². The highest BCUT2D eigenvalue weighted by Gasteiger charge is 2.28. The molecule has 0 radical (unpaired) electrons. The summed E-state index contributed by atoms with van der Waals surface area (Å²) in [5.41, 5.74) is 0.365. The van der Waals surface area contributed by atoms with Gasteiger partial charge in [-0.2, -0.15) is 0 Å². The molecule has 1 N–H and O–H groups in total. The van der Waals surface area contributed by atoms with Crippen molar-refractivity contribution in [2.24, 2.45) is 0 Å². The lowest BCUT2D eigenvalue weighted by Gasteiger charge is -2.12. The smallest absolute Gasteiger partial charge is 0.324 e. The second-order valence-corrected chi connectivity index (χ2v) is 3.39. The maximum absolute atomic E-state index is 12.9. The van der Waals surface area contributed by atoms with E-state index in [-0.39, 0.29) is 19.0 Å². The number of nitrogens with zero attached hydrogens (tertiary/aromatic N) is 1. The van der Waals surface area contributed by atoms with Crippen LogP contribution in [0.15, 0.2) is 18.2 Å². The van der Waals surface area contributed by atoms with Crippen molar-refractivity contribution in [3.8, 4) is 0 Å². The topological polar surface area (TPSA) is 49.4 Å². The quantitative estimate of drug-likeness (QED) is 0.765. The number of benzene rings is 1. The van der Waals surface area contributed by atoms with E-state index in [2.05, 4.69) is 5.32 Å². The highest BCUT2D eigenvalue weighted by Crippen LogP contribution is 2.12. The zero-order valence-corrected chi connectivity index (χ0v) is 8.17. The van der Waals surface area contributed by atoms with E-state index in [1.54, 1.807) is 0 Å². The van der Waals surface area contributed by atoms with Gasteiger partial charge in [-0.3, -0.25) is 9.69 Å². The van der Waals surface area contributed by atoms with Crippen molar-refractivity contribution in [3.63, 3.8) is 0 Å². The third kappa shape index (κ3) is 1.86. The number of carbonyl (C=O) groups excluding carboxylic acids is 2. The van der Waals surface area contributed by atoms with Crippen molar-refractivity contribution in [2.75, 3.05) is 6.54 Å². The zero-order valence-electron chi connectivity index (χ0n) is 8.17. The molecule has 2 rings (SSSR count). The molecule has 1 aromatic rings. The Morgan fingerprint density at radius 1 is 1.25 bits per heavy atom. The normalized spacial score (nSPS) is 15.5. The number of urea groups is 1. The lowest BCUT2D eigenvalue weighted by molar-refractivity contribution is -0.125. The SMILES string of the molecule is O=C1CNC(=O)N1Cc1ccc(F)c(F)c1. The minimum Gasteiger partial charge on any atom is -0.329 e. The van der Waals surface area contributed by atoms with Crippen LogP contribution in [0.1, 0.15) is 5.56 Å². The largest absolute Gasteiger partial charge is 0.329 e. The van der Waals surface area contributed by atoms with Crippen LogP contribution < -0.4 is 5.32 Å². The summed E-state index contributed by atoms with van der Waals surface area (Å²) in [5, 5.41) is 2.34. The Morgan fingerprint density at radius 2 is 2.00 bits per heavy atom. The van der Waals surface area contributed by atoms with Gasteiger partial charge in [0.15, 0.2) is 11.6 Å². The van der Waals surface area contributed by atoms with Gasteiger partial charge in [-0.15, -0.1) is 0 Å². The van der Waals surface area contributed by atoms with Crippen molar-refractivity contribution >= 4 is 11.9 Å². The first-order valence-corrected chi connectivity index (χ1v) is 4.60. The fourth-order valence-electron chi connectivity index (χ4n) is 1.44. The summed E-state index contributed by atoms with van der Waals surface area (Å²) in [6.07, 6.45) is 0. The lowest BCUT2D eigenvalue weighted by atomic mass is 10.2. The van der Waals surface area contributed by atoms with Gasteiger partial charge in [-0.25, -0.2) is 13.6 Å². The first-order valence-electron chi connectivity index (χ1n) is 4.60. The number of rotatable bonds is 2. The summed E-state index contributed by atoms with van der Waals surface area (Å²) in [4.78, 5) is 23.3. The van der Waals surface area contributed by atoms with Crippen LogP contribution in [0.5, 0.6) is 0 Å². The molecule has 0 saturated carbocycles. The molecule has 0 atom stereocenters. The van der Waals surface area contributed by atoms with Gasteiger partial charge < -0.3 is 5.32 Å². The van der Waals surface area contributed by atoms with Crippen LogP contribution in [0, 0.1) is 11.6 Å². The molecule has 0 aromatic heterocycles. The van der Waals surface area contributed by atoms with Gasteiger partial charge in [0.25, 0.3) is 0 Å². The van der Waals surface area contributed by atoms with Crippen molar-refractivity contribution in [1.29, 1.82) is 0 Å². The van der Waals surface area contributed by atoms with E-state index in [1.807, 2.05) is 0 Å². The van der Waals surface area contributed by atoms with E-state index >= 15 is 0 Å². The van der Waals surface area contributed by atoms with Crippen molar-refractivity contribution in [1.82, 2.24) is 10.2 Å². The third-order valence-electron chi connectivity index (χ3n) is 2.26.